The average Bonchev–Trinajstić information content (AvgIpc) is 2.62. The molecule has 0 N–H and O–H groups in total. The number of hydrogen-bond donors (Lipinski definition) is 0. The molecular weight excluding hydrogens is 361 g/mol. The number of pyridine rings is 1. The van der Waals surface area contributed by atoms with Crippen molar-refractivity contribution in [3.8, 4) is 22.4 Å². The van der Waals surface area contributed by atoms with Crippen molar-refractivity contribution in [2.45, 2.75) is 11.8 Å². The minimum atomic E-state index is -3.25. The fourth-order valence-corrected chi connectivity index (χ4v) is 3.54. The Hall–Kier alpha value is -2.24. The Morgan fingerprint density at radius 1 is 0.920 bits per heavy atom. The number of rotatable bonds is 4. The fourth-order valence-electron chi connectivity index (χ4n) is 2.50. The van der Waals surface area contributed by atoms with Gasteiger partial charge in [-0.2, -0.15) is 0 Å². The van der Waals surface area contributed by atoms with Gasteiger partial charge in [0.25, 0.3) is 0 Å². The number of sulfone groups is 1. The summed E-state index contributed by atoms with van der Waals surface area (Å²) in [5, 5.41) is 0.327. The van der Waals surface area contributed by atoms with Gasteiger partial charge in [-0.15, -0.1) is 0 Å². The van der Waals surface area contributed by atoms with Crippen molar-refractivity contribution < 1.29 is 12.8 Å². The van der Waals surface area contributed by atoms with Gasteiger partial charge >= 0.3 is 0 Å². The van der Waals surface area contributed by atoms with E-state index in [4.69, 9.17) is 11.6 Å². The first-order valence-electron chi connectivity index (χ1n) is 7.66. The van der Waals surface area contributed by atoms with Crippen LogP contribution in [-0.2, 0) is 9.84 Å². The minimum Gasteiger partial charge on any atom is -0.235 e. The SMILES string of the molecule is CCS(=O)(=O)c1ccc(-c2ccc(Cl)nc2-c2ccc(F)cc2)cc1. The number of hydrogen-bond acceptors (Lipinski definition) is 3. The van der Waals surface area contributed by atoms with Gasteiger partial charge in [-0.05, 0) is 54.1 Å². The molecule has 128 valence electrons. The summed E-state index contributed by atoms with van der Waals surface area (Å²) in [6, 6.07) is 16.1. The fraction of sp³-hybridized carbons (Fsp3) is 0.105. The second-order valence-electron chi connectivity index (χ2n) is 5.46. The summed E-state index contributed by atoms with van der Waals surface area (Å²) in [6.07, 6.45) is 0. The first-order chi connectivity index (χ1) is 11.9. The predicted molar refractivity (Wildman–Crippen MR) is 97.8 cm³/mol. The van der Waals surface area contributed by atoms with E-state index in [-0.39, 0.29) is 16.5 Å². The highest BCUT2D eigenvalue weighted by atomic mass is 35.5. The molecule has 0 fully saturated rings. The molecule has 0 aliphatic rings. The number of aromatic nitrogens is 1. The first kappa shape index (κ1) is 17.6. The van der Waals surface area contributed by atoms with Crippen molar-refractivity contribution in [2.24, 2.45) is 0 Å². The number of benzene rings is 2. The van der Waals surface area contributed by atoms with Crippen LogP contribution in [0.4, 0.5) is 4.39 Å². The van der Waals surface area contributed by atoms with E-state index in [1.807, 2.05) is 6.07 Å². The third kappa shape index (κ3) is 3.72. The molecule has 0 spiro atoms. The minimum absolute atomic E-state index is 0.0513. The molecule has 3 nitrogen and oxygen atoms in total. The molecular formula is C19H15ClFNO2S. The molecule has 0 aliphatic carbocycles. The van der Waals surface area contributed by atoms with E-state index < -0.39 is 9.84 Å². The highest BCUT2D eigenvalue weighted by molar-refractivity contribution is 7.91. The molecule has 25 heavy (non-hydrogen) atoms. The largest absolute Gasteiger partial charge is 0.235 e. The predicted octanol–water partition coefficient (Wildman–Crippen LogP) is 5.00. The zero-order chi connectivity index (χ0) is 18.0. The molecule has 0 bridgehead atoms. The lowest BCUT2D eigenvalue weighted by molar-refractivity contribution is 0.597. The van der Waals surface area contributed by atoms with Gasteiger partial charge in [-0.1, -0.05) is 30.7 Å². The van der Waals surface area contributed by atoms with Crippen LogP contribution in [0.2, 0.25) is 5.15 Å². The van der Waals surface area contributed by atoms with Gasteiger partial charge in [0.05, 0.1) is 16.3 Å². The molecule has 0 unspecified atom stereocenters. The molecule has 3 rings (SSSR count). The highest BCUT2D eigenvalue weighted by Crippen LogP contribution is 2.32. The maximum Gasteiger partial charge on any atom is 0.178 e. The Kier molecular flexibility index (Phi) is 4.88. The Labute approximate surface area is 151 Å². The Morgan fingerprint density at radius 3 is 2.12 bits per heavy atom. The van der Waals surface area contributed by atoms with E-state index in [1.165, 1.54) is 12.1 Å². The maximum atomic E-state index is 13.2. The van der Waals surface area contributed by atoms with Crippen molar-refractivity contribution in [1.82, 2.24) is 4.98 Å². The smallest absolute Gasteiger partial charge is 0.178 e. The van der Waals surface area contributed by atoms with Crippen molar-refractivity contribution in [1.29, 1.82) is 0 Å². The molecule has 3 aromatic rings. The zero-order valence-corrected chi connectivity index (χ0v) is 15.0. The Bertz CT molecular complexity index is 1000. The molecule has 0 saturated carbocycles. The van der Waals surface area contributed by atoms with Crippen molar-refractivity contribution >= 4 is 21.4 Å². The second-order valence-corrected chi connectivity index (χ2v) is 8.13. The Balaban J connectivity index is 2.10. The Morgan fingerprint density at radius 2 is 1.52 bits per heavy atom. The maximum absolute atomic E-state index is 13.2. The third-order valence-electron chi connectivity index (χ3n) is 3.88. The molecule has 1 heterocycles. The standard InChI is InChI=1S/C19H15ClFNO2S/c1-2-25(23,24)16-9-5-13(6-10-16)17-11-12-18(20)22-19(17)14-3-7-15(21)8-4-14/h3-12H,2H2,1H3. The van der Waals surface area contributed by atoms with Crippen molar-refractivity contribution in [3.05, 3.63) is 71.6 Å². The summed E-state index contributed by atoms with van der Waals surface area (Å²) >= 11 is 6.02. The summed E-state index contributed by atoms with van der Waals surface area (Å²) < 4.78 is 37.1. The van der Waals surface area contributed by atoms with Gasteiger partial charge in [-0.3, -0.25) is 0 Å². The lowest BCUT2D eigenvalue weighted by Crippen LogP contribution is -2.03. The van der Waals surface area contributed by atoms with Gasteiger partial charge in [0.15, 0.2) is 9.84 Å². The van der Waals surface area contributed by atoms with Crippen LogP contribution >= 0.6 is 11.6 Å². The average molecular weight is 376 g/mol. The van der Waals surface area contributed by atoms with Crippen LogP contribution in [0.15, 0.2) is 65.6 Å². The van der Waals surface area contributed by atoms with Gasteiger partial charge in [0.2, 0.25) is 0 Å². The molecule has 0 saturated heterocycles. The van der Waals surface area contributed by atoms with E-state index in [2.05, 4.69) is 4.98 Å². The quantitative estimate of drug-likeness (QED) is 0.603. The monoisotopic (exact) mass is 375 g/mol. The van der Waals surface area contributed by atoms with Gasteiger partial charge in [0, 0.05) is 11.1 Å². The molecule has 1 aromatic heterocycles. The summed E-state index contributed by atoms with van der Waals surface area (Å²) in [5.41, 5.74) is 2.93. The van der Waals surface area contributed by atoms with Gasteiger partial charge in [0.1, 0.15) is 11.0 Å². The van der Waals surface area contributed by atoms with Crippen molar-refractivity contribution in [2.75, 3.05) is 5.75 Å². The van der Waals surface area contributed by atoms with Crippen LogP contribution in [-0.4, -0.2) is 19.2 Å². The van der Waals surface area contributed by atoms with Crippen LogP contribution in [0.1, 0.15) is 6.92 Å². The van der Waals surface area contributed by atoms with E-state index in [0.717, 1.165) is 16.7 Å². The third-order valence-corrected chi connectivity index (χ3v) is 5.84. The summed E-state index contributed by atoms with van der Waals surface area (Å²) in [4.78, 5) is 4.64. The molecule has 0 aliphatic heterocycles. The van der Waals surface area contributed by atoms with Gasteiger partial charge < -0.3 is 0 Å². The van der Waals surface area contributed by atoms with Crippen LogP contribution in [0.25, 0.3) is 22.4 Å². The summed E-state index contributed by atoms with van der Waals surface area (Å²) in [5.74, 6) is -0.281. The molecule has 6 heteroatoms. The lowest BCUT2D eigenvalue weighted by atomic mass is 9.99. The van der Waals surface area contributed by atoms with Crippen LogP contribution in [0.5, 0.6) is 0 Å². The normalized spacial score (nSPS) is 11.5. The molecule has 2 aromatic carbocycles. The van der Waals surface area contributed by atoms with E-state index in [9.17, 15) is 12.8 Å². The highest BCUT2D eigenvalue weighted by Gasteiger charge is 2.14. The topological polar surface area (TPSA) is 47.0 Å². The summed E-state index contributed by atoms with van der Waals surface area (Å²) in [7, 11) is -3.25. The molecule has 0 atom stereocenters. The van der Waals surface area contributed by atoms with E-state index >= 15 is 0 Å². The van der Waals surface area contributed by atoms with Crippen molar-refractivity contribution in [3.63, 3.8) is 0 Å². The molecule has 0 amide bonds. The first-order valence-corrected chi connectivity index (χ1v) is 9.69. The van der Waals surface area contributed by atoms with Crippen LogP contribution < -0.4 is 0 Å². The van der Waals surface area contributed by atoms with Crippen LogP contribution in [0.3, 0.4) is 0 Å². The number of halogens is 2. The zero-order valence-electron chi connectivity index (χ0n) is 13.4. The van der Waals surface area contributed by atoms with E-state index in [1.54, 1.807) is 49.4 Å². The number of nitrogens with zero attached hydrogens (tertiary/aromatic N) is 1. The van der Waals surface area contributed by atoms with Crippen LogP contribution in [0, 0.1) is 5.82 Å². The summed E-state index contributed by atoms with van der Waals surface area (Å²) in [6.45, 7) is 1.61. The van der Waals surface area contributed by atoms with E-state index in [0.29, 0.717) is 10.8 Å². The lowest BCUT2D eigenvalue weighted by Gasteiger charge is -2.11. The molecule has 0 radical (unpaired) electrons. The second kappa shape index (κ2) is 6.94. The van der Waals surface area contributed by atoms with Gasteiger partial charge in [-0.25, -0.2) is 17.8 Å².